The largest absolute Gasteiger partial charge is 0.383 e. The van der Waals surface area contributed by atoms with E-state index in [0.29, 0.717) is 6.61 Å². The zero-order valence-electron chi connectivity index (χ0n) is 8.05. The van der Waals surface area contributed by atoms with Crippen LogP contribution >= 0.6 is 31.9 Å². The lowest BCUT2D eigenvalue weighted by Gasteiger charge is -2.14. The number of nitrogens with zero attached hydrogens (tertiary/aromatic N) is 1. The molecule has 0 bridgehead atoms. The van der Waals surface area contributed by atoms with E-state index >= 15 is 0 Å². The van der Waals surface area contributed by atoms with E-state index in [2.05, 4.69) is 42.2 Å². The fourth-order valence-electron chi connectivity index (χ4n) is 1.05. The van der Waals surface area contributed by atoms with Crippen molar-refractivity contribution >= 4 is 37.7 Å². The highest BCUT2D eigenvalue weighted by atomic mass is 79.9. The van der Waals surface area contributed by atoms with E-state index in [0.717, 1.165) is 14.8 Å². The lowest BCUT2D eigenvalue weighted by Crippen LogP contribution is -2.21. The summed E-state index contributed by atoms with van der Waals surface area (Å²) in [5, 5.41) is 3.23. The third-order valence-corrected chi connectivity index (χ3v) is 2.65. The molecule has 1 heterocycles. The van der Waals surface area contributed by atoms with Crippen molar-refractivity contribution in [2.24, 2.45) is 0 Å². The van der Waals surface area contributed by atoms with Gasteiger partial charge in [0.1, 0.15) is 5.82 Å². The topological polar surface area (TPSA) is 34.1 Å². The number of rotatable bonds is 4. The van der Waals surface area contributed by atoms with Crippen molar-refractivity contribution in [2.75, 3.05) is 19.0 Å². The Hall–Kier alpha value is -0.130. The monoisotopic (exact) mass is 322 g/mol. The molecule has 0 spiro atoms. The number of ether oxygens (including phenoxy) is 1. The molecule has 0 fully saturated rings. The van der Waals surface area contributed by atoms with Gasteiger partial charge in [-0.05, 0) is 44.8 Å². The number of nitrogens with one attached hydrogen (secondary N) is 1. The van der Waals surface area contributed by atoms with Crippen molar-refractivity contribution in [1.29, 1.82) is 0 Å². The number of halogens is 2. The van der Waals surface area contributed by atoms with E-state index in [1.807, 2.05) is 13.0 Å². The van der Waals surface area contributed by atoms with Crippen LogP contribution < -0.4 is 5.32 Å². The van der Waals surface area contributed by atoms with Gasteiger partial charge in [-0.25, -0.2) is 4.98 Å². The predicted octanol–water partition coefficient (Wildman–Crippen LogP) is 3.05. The minimum Gasteiger partial charge on any atom is -0.383 e. The van der Waals surface area contributed by atoms with Crippen LogP contribution in [0.3, 0.4) is 0 Å². The molecule has 14 heavy (non-hydrogen) atoms. The molecule has 0 aromatic carbocycles. The molecular formula is C9H12Br2N2O. The van der Waals surface area contributed by atoms with Crippen LogP contribution in [0.2, 0.25) is 0 Å². The summed E-state index contributed by atoms with van der Waals surface area (Å²) in [6.45, 7) is 2.70. The molecule has 1 N–H and O–H groups in total. The quantitative estimate of drug-likeness (QED) is 0.924. The standard InChI is InChI=1S/C9H12Br2N2O/c1-6(5-14-2)13-9-8(11)3-7(10)4-12-9/h3-4,6H,5H2,1-2H3,(H,12,13). The van der Waals surface area contributed by atoms with Gasteiger partial charge in [0.25, 0.3) is 0 Å². The highest BCUT2D eigenvalue weighted by Crippen LogP contribution is 2.23. The number of anilines is 1. The maximum Gasteiger partial charge on any atom is 0.140 e. The predicted molar refractivity (Wildman–Crippen MR) is 64.6 cm³/mol. The zero-order valence-corrected chi connectivity index (χ0v) is 11.2. The molecule has 0 aliphatic heterocycles. The first-order valence-corrected chi connectivity index (χ1v) is 5.78. The summed E-state index contributed by atoms with van der Waals surface area (Å²) in [6.07, 6.45) is 1.76. The molecule has 1 atom stereocenters. The summed E-state index contributed by atoms with van der Waals surface area (Å²) < 4.78 is 6.92. The first-order valence-electron chi connectivity index (χ1n) is 4.20. The summed E-state index contributed by atoms with van der Waals surface area (Å²) in [4.78, 5) is 4.24. The Bertz CT molecular complexity index is 307. The zero-order chi connectivity index (χ0) is 10.6. The van der Waals surface area contributed by atoms with Crippen molar-refractivity contribution in [3.63, 3.8) is 0 Å². The van der Waals surface area contributed by atoms with Crippen LogP contribution in [0.4, 0.5) is 5.82 Å². The second kappa shape index (κ2) is 5.68. The molecule has 0 aliphatic carbocycles. The third kappa shape index (κ3) is 3.55. The van der Waals surface area contributed by atoms with Gasteiger partial charge in [0, 0.05) is 23.8 Å². The van der Waals surface area contributed by atoms with Crippen LogP contribution in [0.5, 0.6) is 0 Å². The first kappa shape index (κ1) is 11.9. The van der Waals surface area contributed by atoms with Crippen molar-refractivity contribution in [1.82, 2.24) is 4.98 Å². The van der Waals surface area contributed by atoms with E-state index in [9.17, 15) is 0 Å². The summed E-state index contributed by atoms with van der Waals surface area (Å²) in [5.74, 6) is 0.831. The fraction of sp³-hybridized carbons (Fsp3) is 0.444. The normalized spacial score (nSPS) is 12.6. The smallest absolute Gasteiger partial charge is 0.140 e. The van der Waals surface area contributed by atoms with E-state index in [1.165, 1.54) is 0 Å². The van der Waals surface area contributed by atoms with Gasteiger partial charge in [0.05, 0.1) is 11.1 Å². The number of hydrogen-bond acceptors (Lipinski definition) is 3. The van der Waals surface area contributed by atoms with Gasteiger partial charge >= 0.3 is 0 Å². The van der Waals surface area contributed by atoms with Crippen LogP contribution in [0.25, 0.3) is 0 Å². The highest BCUT2D eigenvalue weighted by Gasteiger charge is 2.05. The highest BCUT2D eigenvalue weighted by molar-refractivity contribution is 9.11. The van der Waals surface area contributed by atoms with E-state index in [4.69, 9.17) is 4.74 Å². The number of hydrogen-bond donors (Lipinski definition) is 1. The fourth-order valence-corrected chi connectivity index (χ4v) is 2.15. The number of pyridine rings is 1. The molecule has 5 heteroatoms. The second-order valence-corrected chi connectivity index (χ2v) is 4.75. The Morgan fingerprint density at radius 2 is 2.29 bits per heavy atom. The summed E-state index contributed by atoms with van der Waals surface area (Å²) in [5.41, 5.74) is 0. The molecule has 3 nitrogen and oxygen atoms in total. The third-order valence-electron chi connectivity index (χ3n) is 1.61. The Kier molecular flexibility index (Phi) is 4.84. The average Bonchev–Trinajstić information content (AvgIpc) is 2.10. The molecule has 0 saturated carbocycles. The van der Waals surface area contributed by atoms with Crippen molar-refractivity contribution in [2.45, 2.75) is 13.0 Å². The maximum absolute atomic E-state index is 5.02. The van der Waals surface area contributed by atoms with Gasteiger partial charge in [-0.1, -0.05) is 0 Å². The van der Waals surface area contributed by atoms with Gasteiger partial charge in [0.2, 0.25) is 0 Å². The summed E-state index contributed by atoms with van der Waals surface area (Å²) >= 11 is 6.78. The van der Waals surface area contributed by atoms with Crippen LogP contribution in [0.1, 0.15) is 6.92 Å². The van der Waals surface area contributed by atoms with Gasteiger partial charge < -0.3 is 10.1 Å². The first-order chi connectivity index (χ1) is 6.63. The van der Waals surface area contributed by atoms with Gasteiger partial charge in [-0.3, -0.25) is 0 Å². The van der Waals surface area contributed by atoms with Crippen molar-refractivity contribution in [3.8, 4) is 0 Å². The van der Waals surface area contributed by atoms with Gasteiger partial charge in [-0.2, -0.15) is 0 Å². The molecule has 0 amide bonds. The minimum atomic E-state index is 0.241. The van der Waals surface area contributed by atoms with Crippen LogP contribution in [-0.4, -0.2) is 24.7 Å². The second-order valence-electron chi connectivity index (χ2n) is 2.98. The molecule has 0 aliphatic rings. The lowest BCUT2D eigenvalue weighted by atomic mass is 10.3. The molecule has 1 unspecified atom stereocenters. The Morgan fingerprint density at radius 3 is 2.86 bits per heavy atom. The Balaban J connectivity index is 2.67. The Morgan fingerprint density at radius 1 is 1.57 bits per heavy atom. The van der Waals surface area contributed by atoms with E-state index < -0.39 is 0 Å². The molecule has 1 aromatic heterocycles. The van der Waals surface area contributed by atoms with Crippen LogP contribution in [0, 0.1) is 0 Å². The molecule has 78 valence electrons. The average molecular weight is 324 g/mol. The van der Waals surface area contributed by atoms with E-state index in [1.54, 1.807) is 13.3 Å². The van der Waals surface area contributed by atoms with E-state index in [-0.39, 0.29) is 6.04 Å². The van der Waals surface area contributed by atoms with Gasteiger partial charge in [0.15, 0.2) is 0 Å². The van der Waals surface area contributed by atoms with Gasteiger partial charge in [-0.15, -0.1) is 0 Å². The lowest BCUT2D eigenvalue weighted by molar-refractivity contribution is 0.190. The van der Waals surface area contributed by atoms with Crippen molar-refractivity contribution < 1.29 is 4.74 Å². The Labute approximate surface area is 101 Å². The molecule has 1 aromatic rings. The number of aromatic nitrogens is 1. The van der Waals surface area contributed by atoms with Crippen LogP contribution in [-0.2, 0) is 4.74 Å². The maximum atomic E-state index is 5.02. The summed E-state index contributed by atoms with van der Waals surface area (Å²) in [7, 11) is 1.68. The number of methoxy groups -OCH3 is 1. The molecule has 1 rings (SSSR count). The summed E-state index contributed by atoms with van der Waals surface area (Å²) in [6, 6.07) is 2.19. The molecular weight excluding hydrogens is 312 g/mol. The van der Waals surface area contributed by atoms with Crippen LogP contribution in [0.15, 0.2) is 21.2 Å². The molecule has 0 saturated heterocycles. The molecule has 0 radical (unpaired) electrons. The minimum absolute atomic E-state index is 0.241. The van der Waals surface area contributed by atoms with Crippen molar-refractivity contribution in [3.05, 3.63) is 21.2 Å². The SMILES string of the molecule is COCC(C)Nc1ncc(Br)cc1Br.